The van der Waals surface area contributed by atoms with Crippen LogP contribution in [0.4, 0.5) is 8.78 Å². The van der Waals surface area contributed by atoms with Crippen LogP contribution in [0.1, 0.15) is 13.3 Å². The van der Waals surface area contributed by atoms with Crippen LogP contribution in [0.15, 0.2) is 0 Å². The monoisotopic (exact) mass is 236 g/mol. The number of carbonyl (C=O) groups is 1. The predicted molar refractivity (Wildman–Crippen MR) is 55.5 cm³/mol. The molecule has 0 aromatic carbocycles. The van der Waals surface area contributed by atoms with Crippen molar-refractivity contribution >= 4 is 5.91 Å². The number of piperazine rings is 1. The number of carbonyl (C=O) groups excluding carboxylic acids is 1. The maximum atomic E-state index is 11.7. The van der Waals surface area contributed by atoms with E-state index in [9.17, 15) is 13.6 Å². The van der Waals surface area contributed by atoms with Gasteiger partial charge in [0.25, 0.3) is 6.43 Å². The van der Waals surface area contributed by atoms with E-state index in [2.05, 4.69) is 10.1 Å². The van der Waals surface area contributed by atoms with Crippen LogP contribution in [0.25, 0.3) is 0 Å². The highest BCUT2D eigenvalue weighted by Crippen LogP contribution is 2.05. The lowest BCUT2D eigenvalue weighted by molar-refractivity contribution is -0.135. The van der Waals surface area contributed by atoms with Gasteiger partial charge in [-0.25, -0.2) is 8.78 Å². The molecule has 0 unspecified atom stereocenters. The highest BCUT2D eigenvalue weighted by Gasteiger charge is 2.22. The Morgan fingerprint density at radius 3 is 3.00 bits per heavy atom. The molecule has 1 aliphatic heterocycles. The molecule has 1 atom stereocenters. The van der Waals surface area contributed by atoms with Gasteiger partial charge in [-0.1, -0.05) is 0 Å². The maximum Gasteiger partial charge on any atom is 0.261 e. The lowest BCUT2D eigenvalue weighted by Gasteiger charge is -2.34. The molecule has 1 amide bonds. The van der Waals surface area contributed by atoms with E-state index in [-0.39, 0.29) is 25.0 Å². The average molecular weight is 236 g/mol. The Hall–Kier alpha value is -0.750. The van der Waals surface area contributed by atoms with Crippen molar-refractivity contribution in [2.24, 2.45) is 0 Å². The van der Waals surface area contributed by atoms with Crippen molar-refractivity contribution in [2.75, 3.05) is 32.8 Å². The Bertz CT molecular complexity index is 227. The Morgan fingerprint density at radius 1 is 1.62 bits per heavy atom. The molecule has 0 aliphatic carbocycles. The van der Waals surface area contributed by atoms with Gasteiger partial charge in [-0.15, -0.1) is 0 Å². The second kappa shape index (κ2) is 6.75. The van der Waals surface area contributed by atoms with Crippen LogP contribution in [-0.4, -0.2) is 56.1 Å². The fraction of sp³-hybridized carbons (Fsp3) is 0.900. The van der Waals surface area contributed by atoms with Crippen LogP contribution < -0.4 is 5.32 Å². The lowest BCUT2D eigenvalue weighted by Crippen LogP contribution is -2.52. The first-order chi connectivity index (χ1) is 7.61. The smallest absolute Gasteiger partial charge is 0.261 e. The molecule has 0 spiro atoms. The molecular formula is C10H18F2N2O2. The molecule has 0 aromatic rings. The van der Waals surface area contributed by atoms with Gasteiger partial charge in [-0.05, 0) is 6.92 Å². The van der Waals surface area contributed by atoms with Gasteiger partial charge in [-0.2, -0.15) is 0 Å². The van der Waals surface area contributed by atoms with Crippen molar-refractivity contribution < 1.29 is 18.3 Å². The number of ether oxygens (including phenoxy) is 1. The third-order valence-corrected chi connectivity index (χ3v) is 2.53. The van der Waals surface area contributed by atoms with Crippen molar-refractivity contribution in [1.82, 2.24) is 10.2 Å². The summed E-state index contributed by atoms with van der Waals surface area (Å²) in [6.07, 6.45) is -2.29. The molecule has 0 aromatic heterocycles. The summed E-state index contributed by atoms with van der Waals surface area (Å²) in [6, 6.07) is 0.163. The molecule has 1 N–H and O–H groups in total. The van der Waals surface area contributed by atoms with Crippen LogP contribution in [0.5, 0.6) is 0 Å². The molecule has 0 radical (unpaired) electrons. The minimum Gasteiger partial charge on any atom is -0.375 e. The lowest BCUT2D eigenvalue weighted by atomic mass is 10.2. The zero-order chi connectivity index (χ0) is 12.0. The molecule has 1 heterocycles. The molecule has 1 aliphatic rings. The molecular weight excluding hydrogens is 218 g/mol. The van der Waals surface area contributed by atoms with Gasteiger partial charge < -0.3 is 15.0 Å². The number of hydrogen-bond donors (Lipinski definition) is 1. The van der Waals surface area contributed by atoms with Crippen LogP contribution in [-0.2, 0) is 9.53 Å². The zero-order valence-corrected chi connectivity index (χ0v) is 9.42. The predicted octanol–water partition coefficient (Wildman–Crippen LogP) is 0.478. The molecule has 0 bridgehead atoms. The van der Waals surface area contributed by atoms with E-state index < -0.39 is 13.0 Å². The molecule has 6 heteroatoms. The van der Waals surface area contributed by atoms with Gasteiger partial charge >= 0.3 is 0 Å². The summed E-state index contributed by atoms with van der Waals surface area (Å²) in [6.45, 7) is 3.68. The normalized spacial score (nSPS) is 21.5. The van der Waals surface area contributed by atoms with Crippen LogP contribution in [0.3, 0.4) is 0 Å². The Balaban J connectivity index is 2.18. The second-order valence-corrected chi connectivity index (χ2v) is 3.86. The second-order valence-electron chi connectivity index (χ2n) is 3.86. The molecule has 4 nitrogen and oxygen atoms in total. The summed E-state index contributed by atoms with van der Waals surface area (Å²) in [5.41, 5.74) is 0. The number of alkyl halides is 2. The standard InChI is InChI=1S/C10H18F2N2O2/c1-8-6-13-3-4-14(8)10(15)2-5-16-7-9(11)12/h8-9,13H,2-7H2,1H3/t8-/m1/s1. The van der Waals surface area contributed by atoms with Gasteiger partial charge in [-0.3, -0.25) is 4.79 Å². The number of nitrogens with zero attached hydrogens (tertiary/aromatic N) is 1. The van der Waals surface area contributed by atoms with E-state index in [1.54, 1.807) is 4.90 Å². The van der Waals surface area contributed by atoms with Gasteiger partial charge in [0.05, 0.1) is 13.0 Å². The first kappa shape index (κ1) is 13.3. The van der Waals surface area contributed by atoms with Crippen molar-refractivity contribution in [2.45, 2.75) is 25.8 Å². The van der Waals surface area contributed by atoms with Crippen molar-refractivity contribution in [1.29, 1.82) is 0 Å². The van der Waals surface area contributed by atoms with E-state index in [1.165, 1.54) is 0 Å². The number of rotatable bonds is 5. The van der Waals surface area contributed by atoms with E-state index in [0.29, 0.717) is 6.54 Å². The third-order valence-electron chi connectivity index (χ3n) is 2.53. The quantitative estimate of drug-likeness (QED) is 0.706. The zero-order valence-electron chi connectivity index (χ0n) is 9.42. The van der Waals surface area contributed by atoms with E-state index in [0.717, 1.165) is 13.1 Å². The number of amides is 1. The van der Waals surface area contributed by atoms with Gasteiger partial charge in [0.2, 0.25) is 5.91 Å². The summed E-state index contributed by atoms with van der Waals surface area (Å²) in [5, 5.41) is 3.18. The Kier molecular flexibility index (Phi) is 5.62. The van der Waals surface area contributed by atoms with Crippen LogP contribution in [0.2, 0.25) is 0 Å². The summed E-state index contributed by atoms with van der Waals surface area (Å²) in [4.78, 5) is 13.4. The topological polar surface area (TPSA) is 41.6 Å². The van der Waals surface area contributed by atoms with Gasteiger partial charge in [0.15, 0.2) is 0 Å². The number of nitrogens with one attached hydrogen (secondary N) is 1. The number of hydrogen-bond acceptors (Lipinski definition) is 3. The Labute approximate surface area is 93.9 Å². The highest BCUT2D eigenvalue weighted by atomic mass is 19.3. The summed E-state index contributed by atoms with van der Waals surface area (Å²) >= 11 is 0. The minimum absolute atomic E-state index is 0.0248. The van der Waals surface area contributed by atoms with Crippen LogP contribution >= 0.6 is 0 Å². The summed E-state index contributed by atoms with van der Waals surface area (Å²) in [5.74, 6) is -0.0248. The van der Waals surface area contributed by atoms with Crippen molar-refractivity contribution in [3.8, 4) is 0 Å². The van der Waals surface area contributed by atoms with E-state index >= 15 is 0 Å². The molecule has 94 valence electrons. The summed E-state index contributed by atoms with van der Waals surface area (Å²) < 4.78 is 28.2. The third kappa shape index (κ3) is 4.40. The molecule has 16 heavy (non-hydrogen) atoms. The molecule has 1 fully saturated rings. The molecule has 1 saturated heterocycles. The van der Waals surface area contributed by atoms with Crippen molar-refractivity contribution in [3.05, 3.63) is 0 Å². The van der Waals surface area contributed by atoms with Gasteiger partial charge in [0, 0.05) is 25.7 Å². The van der Waals surface area contributed by atoms with E-state index in [4.69, 9.17) is 0 Å². The first-order valence-electron chi connectivity index (χ1n) is 5.47. The summed E-state index contributed by atoms with van der Waals surface area (Å²) in [7, 11) is 0. The van der Waals surface area contributed by atoms with E-state index in [1.807, 2.05) is 6.92 Å². The fourth-order valence-corrected chi connectivity index (χ4v) is 1.69. The minimum atomic E-state index is -2.46. The number of halogens is 2. The first-order valence-corrected chi connectivity index (χ1v) is 5.47. The van der Waals surface area contributed by atoms with Gasteiger partial charge in [0.1, 0.15) is 6.61 Å². The average Bonchev–Trinajstić information content (AvgIpc) is 2.24. The maximum absolute atomic E-state index is 11.7. The molecule has 0 saturated carbocycles. The SMILES string of the molecule is C[C@@H]1CNCCN1C(=O)CCOCC(F)F. The van der Waals surface area contributed by atoms with Crippen LogP contribution in [0, 0.1) is 0 Å². The Morgan fingerprint density at radius 2 is 2.38 bits per heavy atom. The largest absolute Gasteiger partial charge is 0.375 e. The fourth-order valence-electron chi connectivity index (χ4n) is 1.69. The highest BCUT2D eigenvalue weighted by molar-refractivity contribution is 5.76. The molecule has 1 rings (SSSR count). The van der Waals surface area contributed by atoms with Crippen molar-refractivity contribution in [3.63, 3.8) is 0 Å².